The monoisotopic (exact) mass is 254 g/mol. The minimum Gasteiger partial charge on any atom is -0.385 e. The van der Waals surface area contributed by atoms with Crippen LogP contribution in [0.2, 0.25) is 16.6 Å². The lowest BCUT2D eigenvalue weighted by atomic mass is 10.3. The molecule has 0 radical (unpaired) electrons. The maximum Gasteiger partial charge on any atom is 0.0898 e. The van der Waals surface area contributed by atoms with Crippen molar-refractivity contribution in [3.8, 4) is 0 Å². The Bertz CT molecular complexity index is 242. The third-order valence-electron chi connectivity index (χ3n) is 3.97. The fraction of sp³-hybridized carbons (Fsp3) is 0.733. The van der Waals surface area contributed by atoms with Crippen molar-refractivity contribution in [1.29, 1.82) is 0 Å². The second-order valence-corrected chi connectivity index (χ2v) is 11.6. The molecule has 100 valence electrons. The average Bonchev–Trinajstić information content (AvgIpc) is 2.17. The SMILES string of the molecule is C/C=C/[C@@H](O)/C=C/[Si](C(C)C)(C(C)C)C(C)C. The number of hydrogen-bond donors (Lipinski definition) is 1. The van der Waals surface area contributed by atoms with Crippen LogP contribution in [-0.2, 0) is 0 Å². The van der Waals surface area contributed by atoms with Crippen molar-refractivity contribution >= 4 is 8.07 Å². The van der Waals surface area contributed by atoms with Crippen molar-refractivity contribution in [1.82, 2.24) is 0 Å². The van der Waals surface area contributed by atoms with Crippen LogP contribution in [-0.4, -0.2) is 19.3 Å². The van der Waals surface area contributed by atoms with Crippen LogP contribution in [0, 0.1) is 0 Å². The van der Waals surface area contributed by atoms with Gasteiger partial charge in [0.15, 0.2) is 0 Å². The molecule has 1 nitrogen and oxygen atoms in total. The first-order chi connectivity index (χ1) is 7.78. The van der Waals surface area contributed by atoms with E-state index in [9.17, 15) is 5.11 Å². The molecular formula is C15H30OSi. The summed E-state index contributed by atoms with van der Waals surface area (Å²) in [6, 6.07) is 0. The molecule has 0 unspecified atom stereocenters. The van der Waals surface area contributed by atoms with E-state index < -0.39 is 14.2 Å². The number of hydrogen-bond acceptors (Lipinski definition) is 1. The van der Waals surface area contributed by atoms with Gasteiger partial charge in [0.05, 0.1) is 14.2 Å². The van der Waals surface area contributed by atoms with E-state index in [2.05, 4.69) is 47.2 Å². The fourth-order valence-electron chi connectivity index (χ4n) is 3.10. The van der Waals surface area contributed by atoms with Gasteiger partial charge in [-0.2, -0.15) is 0 Å². The van der Waals surface area contributed by atoms with Gasteiger partial charge in [-0.3, -0.25) is 0 Å². The molecule has 0 fully saturated rings. The summed E-state index contributed by atoms with van der Waals surface area (Å²) in [5.74, 6) is 0. The summed E-state index contributed by atoms with van der Waals surface area (Å²) in [6.07, 6.45) is 5.30. The predicted molar refractivity (Wildman–Crippen MR) is 81.0 cm³/mol. The standard InChI is InChI=1S/C15H30OSi/c1-8-9-15(16)10-11-17(12(2)3,13(4)5)14(6)7/h8-16H,1-7H3/b9-8+,11-10+/t15-/m1/s1. The maximum absolute atomic E-state index is 9.81. The van der Waals surface area contributed by atoms with Crippen molar-refractivity contribution < 1.29 is 5.11 Å². The molecule has 17 heavy (non-hydrogen) atoms. The average molecular weight is 254 g/mol. The molecule has 1 N–H and O–H groups in total. The van der Waals surface area contributed by atoms with E-state index in [1.54, 1.807) is 0 Å². The normalized spacial score (nSPS) is 15.9. The van der Waals surface area contributed by atoms with Crippen molar-refractivity contribution in [2.45, 2.75) is 71.2 Å². The maximum atomic E-state index is 9.81. The van der Waals surface area contributed by atoms with E-state index in [1.165, 1.54) is 0 Å². The van der Waals surface area contributed by atoms with Crippen LogP contribution in [0.1, 0.15) is 48.5 Å². The van der Waals surface area contributed by atoms with E-state index in [-0.39, 0.29) is 0 Å². The summed E-state index contributed by atoms with van der Waals surface area (Å²) in [5, 5.41) is 9.81. The number of aliphatic hydroxyl groups excluding tert-OH is 1. The second-order valence-electron chi connectivity index (χ2n) is 5.84. The van der Waals surface area contributed by atoms with Gasteiger partial charge in [-0.05, 0) is 23.5 Å². The molecule has 0 aromatic heterocycles. The van der Waals surface area contributed by atoms with Gasteiger partial charge in [0.1, 0.15) is 0 Å². The summed E-state index contributed by atoms with van der Waals surface area (Å²) in [5.41, 5.74) is 4.49. The zero-order chi connectivity index (χ0) is 13.6. The van der Waals surface area contributed by atoms with Gasteiger partial charge in [-0.25, -0.2) is 0 Å². The number of allylic oxidation sites excluding steroid dienone is 1. The molecule has 0 bridgehead atoms. The number of rotatable bonds is 6. The van der Waals surface area contributed by atoms with E-state index >= 15 is 0 Å². The van der Waals surface area contributed by atoms with Crippen LogP contribution >= 0.6 is 0 Å². The van der Waals surface area contributed by atoms with Crippen LogP contribution in [0.4, 0.5) is 0 Å². The fourth-order valence-corrected chi connectivity index (χ4v) is 8.79. The molecule has 1 atom stereocenters. The smallest absolute Gasteiger partial charge is 0.0898 e. The van der Waals surface area contributed by atoms with Crippen molar-refractivity contribution in [2.24, 2.45) is 0 Å². The Morgan fingerprint density at radius 2 is 1.24 bits per heavy atom. The molecule has 0 saturated carbocycles. The highest BCUT2D eigenvalue weighted by molar-refractivity contribution is 6.87. The molecule has 0 aliphatic heterocycles. The van der Waals surface area contributed by atoms with Crippen LogP contribution < -0.4 is 0 Å². The molecule has 0 aliphatic rings. The predicted octanol–water partition coefficient (Wildman–Crippen LogP) is 4.70. The van der Waals surface area contributed by atoms with E-state index in [0.29, 0.717) is 16.6 Å². The van der Waals surface area contributed by atoms with Crippen LogP contribution in [0.25, 0.3) is 0 Å². The van der Waals surface area contributed by atoms with E-state index in [4.69, 9.17) is 0 Å². The van der Waals surface area contributed by atoms with E-state index in [1.807, 2.05) is 25.2 Å². The zero-order valence-corrected chi connectivity index (χ0v) is 13.6. The lowest BCUT2D eigenvalue weighted by molar-refractivity contribution is 0.271. The summed E-state index contributed by atoms with van der Waals surface area (Å²) >= 11 is 0. The summed E-state index contributed by atoms with van der Waals surface area (Å²) < 4.78 is 0. The highest BCUT2D eigenvalue weighted by Crippen LogP contribution is 2.42. The largest absolute Gasteiger partial charge is 0.385 e. The molecule has 0 saturated heterocycles. The zero-order valence-electron chi connectivity index (χ0n) is 12.6. The molecule has 0 spiro atoms. The van der Waals surface area contributed by atoms with E-state index in [0.717, 1.165) is 0 Å². The first-order valence-corrected chi connectivity index (χ1v) is 9.10. The van der Waals surface area contributed by atoms with Crippen LogP contribution in [0.5, 0.6) is 0 Å². The Morgan fingerprint density at radius 1 is 0.824 bits per heavy atom. The Kier molecular flexibility index (Phi) is 7.03. The van der Waals surface area contributed by atoms with Gasteiger partial charge in [0.25, 0.3) is 0 Å². The third-order valence-corrected chi connectivity index (χ3v) is 10.7. The van der Waals surface area contributed by atoms with Crippen molar-refractivity contribution in [3.05, 3.63) is 23.9 Å². The van der Waals surface area contributed by atoms with Crippen LogP contribution in [0.15, 0.2) is 23.9 Å². The van der Waals surface area contributed by atoms with Gasteiger partial charge in [0.2, 0.25) is 0 Å². The van der Waals surface area contributed by atoms with Crippen molar-refractivity contribution in [2.75, 3.05) is 0 Å². The molecule has 0 aromatic carbocycles. The molecule has 0 heterocycles. The molecule has 0 amide bonds. The Balaban J connectivity index is 5.19. The minimum absolute atomic E-state index is 0.428. The minimum atomic E-state index is -1.49. The quantitative estimate of drug-likeness (QED) is 0.538. The molecule has 0 aromatic rings. The first-order valence-electron chi connectivity index (χ1n) is 6.79. The Labute approximate surface area is 109 Å². The van der Waals surface area contributed by atoms with Gasteiger partial charge >= 0.3 is 0 Å². The summed E-state index contributed by atoms with van der Waals surface area (Å²) in [7, 11) is -1.49. The van der Waals surface area contributed by atoms with Gasteiger partial charge in [-0.15, -0.1) is 0 Å². The lowest BCUT2D eigenvalue weighted by Crippen LogP contribution is -2.42. The first kappa shape index (κ1) is 16.7. The van der Waals surface area contributed by atoms with Crippen molar-refractivity contribution in [3.63, 3.8) is 0 Å². The molecule has 2 heteroatoms. The highest BCUT2D eigenvalue weighted by Gasteiger charge is 2.40. The van der Waals surface area contributed by atoms with Gasteiger partial charge in [-0.1, -0.05) is 65.5 Å². The molecular weight excluding hydrogens is 224 g/mol. The highest BCUT2D eigenvalue weighted by atomic mass is 28.3. The van der Waals surface area contributed by atoms with Gasteiger partial charge < -0.3 is 5.11 Å². The molecule has 0 aliphatic carbocycles. The third kappa shape index (κ3) is 4.11. The Morgan fingerprint density at radius 3 is 1.53 bits per heavy atom. The summed E-state index contributed by atoms with van der Waals surface area (Å²) in [6.45, 7) is 15.9. The molecule has 0 rings (SSSR count). The Hall–Kier alpha value is -0.343. The second kappa shape index (κ2) is 7.17. The van der Waals surface area contributed by atoms with Gasteiger partial charge in [0, 0.05) is 0 Å². The lowest BCUT2D eigenvalue weighted by Gasteiger charge is -2.40. The summed E-state index contributed by atoms with van der Waals surface area (Å²) in [4.78, 5) is 0. The topological polar surface area (TPSA) is 20.2 Å². The number of aliphatic hydroxyl groups is 1. The van der Waals surface area contributed by atoms with Crippen LogP contribution in [0.3, 0.4) is 0 Å².